The Kier molecular flexibility index (Phi) is 7.63. The molecule has 1 aliphatic heterocycles. The summed E-state index contributed by atoms with van der Waals surface area (Å²) in [5.74, 6) is -0.0954. The minimum absolute atomic E-state index is 0.0129. The van der Waals surface area contributed by atoms with Gasteiger partial charge in [0.25, 0.3) is 17.5 Å². The van der Waals surface area contributed by atoms with Gasteiger partial charge in [-0.05, 0) is 54.8 Å². The van der Waals surface area contributed by atoms with Crippen LogP contribution >= 0.6 is 0 Å². The molecule has 1 fully saturated rings. The Bertz CT molecular complexity index is 1380. The van der Waals surface area contributed by atoms with E-state index in [9.17, 15) is 19.7 Å². The highest BCUT2D eigenvalue weighted by Gasteiger charge is 2.34. The minimum atomic E-state index is -0.511. The maximum atomic E-state index is 13.0. The fourth-order valence-corrected chi connectivity index (χ4v) is 3.90. The number of ether oxygens (including phenoxy) is 2. The number of allylic oxidation sites excluding steroid dienone is 1. The van der Waals surface area contributed by atoms with E-state index in [4.69, 9.17) is 9.47 Å². The number of nitrogens with zero attached hydrogens (tertiary/aromatic N) is 2. The lowest BCUT2D eigenvalue weighted by molar-refractivity contribution is -0.384. The van der Waals surface area contributed by atoms with Crippen LogP contribution < -0.4 is 19.9 Å². The number of nitro benzene ring substituents is 1. The van der Waals surface area contributed by atoms with Crippen molar-refractivity contribution in [2.24, 2.45) is 0 Å². The van der Waals surface area contributed by atoms with Gasteiger partial charge in [-0.3, -0.25) is 25.1 Å². The standard InChI is InChI=1S/C28H25N3O6/c1-3-9-21-14-20(16-24-27(32)29-30(28(24)33)22-11-6-5-7-12-22)17-25(36-4-2)26(21)37-18-19-10-8-13-23(15-19)31(34)35/h3,5-8,10-17H,1,4,9,18H2,2H3,(H,29,32). The van der Waals surface area contributed by atoms with Gasteiger partial charge in [0.2, 0.25) is 0 Å². The van der Waals surface area contributed by atoms with E-state index in [1.54, 1.807) is 54.6 Å². The second-order valence-corrected chi connectivity index (χ2v) is 8.12. The van der Waals surface area contributed by atoms with E-state index < -0.39 is 16.7 Å². The van der Waals surface area contributed by atoms with Gasteiger partial charge < -0.3 is 9.47 Å². The van der Waals surface area contributed by atoms with Gasteiger partial charge in [-0.15, -0.1) is 6.58 Å². The van der Waals surface area contributed by atoms with Gasteiger partial charge >= 0.3 is 0 Å². The fourth-order valence-electron chi connectivity index (χ4n) is 3.90. The Balaban J connectivity index is 1.66. The van der Waals surface area contributed by atoms with E-state index >= 15 is 0 Å². The Hall–Kier alpha value is -4.92. The number of carbonyl (C=O) groups excluding carboxylic acids is 2. The molecular formula is C28H25N3O6. The second kappa shape index (κ2) is 11.2. The average molecular weight is 500 g/mol. The normalized spacial score (nSPS) is 14.0. The van der Waals surface area contributed by atoms with E-state index in [0.29, 0.717) is 41.3 Å². The third kappa shape index (κ3) is 5.67. The summed E-state index contributed by atoms with van der Waals surface area (Å²) in [4.78, 5) is 36.3. The zero-order valence-electron chi connectivity index (χ0n) is 20.2. The van der Waals surface area contributed by atoms with Gasteiger partial charge in [-0.25, -0.2) is 5.01 Å². The highest BCUT2D eigenvalue weighted by molar-refractivity contribution is 6.31. The molecule has 3 aromatic rings. The predicted molar refractivity (Wildman–Crippen MR) is 139 cm³/mol. The fraction of sp³-hybridized carbons (Fsp3) is 0.143. The summed E-state index contributed by atoms with van der Waals surface area (Å²) < 4.78 is 11.9. The first-order chi connectivity index (χ1) is 17.9. The van der Waals surface area contributed by atoms with Crippen LogP contribution in [0.3, 0.4) is 0 Å². The van der Waals surface area contributed by atoms with Crippen molar-refractivity contribution in [1.29, 1.82) is 0 Å². The number of para-hydroxylation sites is 1. The van der Waals surface area contributed by atoms with Crippen LogP contribution in [0.2, 0.25) is 0 Å². The van der Waals surface area contributed by atoms with Crippen molar-refractivity contribution in [2.75, 3.05) is 11.6 Å². The van der Waals surface area contributed by atoms with E-state index in [1.807, 2.05) is 13.0 Å². The van der Waals surface area contributed by atoms with Crippen LogP contribution in [0, 0.1) is 10.1 Å². The highest BCUT2D eigenvalue weighted by Crippen LogP contribution is 2.36. The Morgan fingerprint density at radius 1 is 1.05 bits per heavy atom. The number of non-ortho nitro benzene ring substituents is 1. The number of hydrazine groups is 1. The lowest BCUT2D eigenvalue weighted by Crippen LogP contribution is -2.35. The van der Waals surface area contributed by atoms with E-state index in [-0.39, 0.29) is 17.9 Å². The van der Waals surface area contributed by atoms with Gasteiger partial charge in [0.15, 0.2) is 11.5 Å². The number of anilines is 1. The Morgan fingerprint density at radius 3 is 2.54 bits per heavy atom. The number of rotatable bonds is 10. The van der Waals surface area contributed by atoms with Gasteiger partial charge in [-0.1, -0.05) is 36.4 Å². The van der Waals surface area contributed by atoms with Crippen LogP contribution in [-0.4, -0.2) is 23.3 Å². The summed E-state index contributed by atoms with van der Waals surface area (Å²) in [6.07, 6.45) is 3.64. The summed E-state index contributed by atoms with van der Waals surface area (Å²) in [6.45, 7) is 6.07. The monoisotopic (exact) mass is 499 g/mol. The van der Waals surface area contributed by atoms with Crippen LogP contribution in [0.1, 0.15) is 23.6 Å². The second-order valence-electron chi connectivity index (χ2n) is 8.12. The van der Waals surface area contributed by atoms with Gasteiger partial charge in [-0.2, -0.15) is 0 Å². The first-order valence-electron chi connectivity index (χ1n) is 11.6. The Morgan fingerprint density at radius 2 is 1.84 bits per heavy atom. The molecule has 0 aromatic heterocycles. The SMILES string of the molecule is C=CCc1cc(C=C2C(=O)NN(c3ccccc3)C2=O)cc(OCC)c1OCc1cccc([N+](=O)[O-])c1. The van der Waals surface area contributed by atoms with Crippen molar-refractivity contribution >= 4 is 29.3 Å². The summed E-state index contributed by atoms with van der Waals surface area (Å²) in [7, 11) is 0. The molecule has 3 aromatic carbocycles. The van der Waals surface area contributed by atoms with Crippen LogP contribution in [0.15, 0.2) is 85.0 Å². The molecule has 0 atom stereocenters. The third-order valence-electron chi connectivity index (χ3n) is 5.54. The number of hydrogen-bond donors (Lipinski definition) is 1. The number of benzene rings is 3. The largest absolute Gasteiger partial charge is 0.490 e. The van der Waals surface area contributed by atoms with Crippen LogP contribution in [-0.2, 0) is 22.6 Å². The molecule has 0 spiro atoms. The molecule has 0 aliphatic carbocycles. The smallest absolute Gasteiger partial charge is 0.282 e. The lowest BCUT2D eigenvalue weighted by atomic mass is 10.0. The van der Waals surface area contributed by atoms with E-state index in [1.165, 1.54) is 23.2 Å². The van der Waals surface area contributed by atoms with Crippen LogP contribution in [0.5, 0.6) is 11.5 Å². The molecule has 0 radical (unpaired) electrons. The number of nitrogens with one attached hydrogen (secondary N) is 1. The molecule has 0 unspecified atom stereocenters. The molecule has 1 N–H and O–H groups in total. The lowest BCUT2D eigenvalue weighted by Gasteiger charge is -2.17. The maximum Gasteiger partial charge on any atom is 0.282 e. The molecule has 0 bridgehead atoms. The molecule has 0 saturated carbocycles. The zero-order valence-corrected chi connectivity index (χ0v) is 20.2. The van der Waals surface area contributed by atoms with Gasteiger partial charge in [0.05, 0.1) is 17.2 Å². The molecule has 1 heterocycles. The molecule has 188 valence electrons. The first kappa shape index (κ1) is 25.2. The summed E-state index contributed by atoms with van der Waals surface area (Å²) in [6, 6.07) is 18.5. The third-order valence-corrected chi connectivity index (χ3v) is 5.54. The first-order valence-corrected chi connectivity index (χ1v) is 11.6. The zero-order chi connectivity index (χ0) is 26.4. The maximum absolute atomic E-state index is 13.0. The molecule has 2 amide bonds. The van der Waals surface area contributed by atoms with Crippen LogP contribution in [0.4, 0.5) is 11.4 Å². The molecule has 1 aliphatic rings. The van der Waals surface area contributed by atoms with E-state index in [2.05, 4.69) is 12.0 Å². The number of nitro groups is 1. The Labute approximate surface area is 213 Å². The number of carbonyl (C=O) groups is 2. The molecule has 1 saturated heterocycles. The van der Waals surface area contributed by atoms with Crippen molar-refractivity contribution in [3.8, 4) is 11.5 Å². The van der Waals surface area contributed by atoms with Gasteiger partial charge in [0.1, 0.15) is 12.2 Å². The molecule has 4 rings (SSSR count). The van der Waals surface area contributed by atoms with Crippen molar-refractivity contribution in [1.82, 2.24) is 5.43 Å². The number of amides is 2. The van der Waals surface area contributed by atoms with Gasteiger partial charge in [0, 0.05) is 17.7 Å². The number of hydrogen-bond acceptors (Lipinski definition) is 6. The topological polar surface area (TPSA) is 111 Å². The van der Waals surface area contributed by atoms with Crippen molar-refractivity contribution in [2.45, 2.75) is 20.0 Å². The molecular weight excluding hydrogens is 474 g/mol. The summed E-state index contributed by atoms with van der Waals surface area (Å²) >= 11 is 0. The van der Waals surface area contributed by atoms with Crippen molar-refractivity contribution in [3.05, 3.63) is 112 Å². The van der Waals surface area contributed by atoms with Crippen LogP contribution in [0.25, 0.3) is 6.08 Å². The van der Waals surface area contributed by atoms with E-state index in [0.717, 1.165) is 5.56 Å². The average Bonchev–Trinajstić information content (AvgIpc) is 3.17. The summed E-state index contributed by atoms with van der Waals surface area (Å²) in [5, 5.41) is 12.3. The molecule has 9 heteroatoms. The van der Waals surface area contributed by atoms with Crippen molar-refractivity contribution in [3.63, 3.8) is 0 Å². The minimum Gasteiger partial charge on any atom is -0.490 e. The predicted octanol–water partition coefficient (Wildman–Crippen LogP) is 4.76. The molecule has 9 nitrogen and oxygen atoms in total. The summed E-state index contributed by atoms with van der Waals surface area (Å²) in [5.41, 5.74) is 5.04. The van der Waals surface area contributed by atoms with Crippen molar-refractivity contribution < 1.29 is 24.0 Å². The molecule has 37 heavy (non-hydrogen) atoms. The highest BCUT2D eigenvalue weighted by atomic mass is 16.6. The quantitative estimate of drug-likeness (QED) is 0.142.